The van der Waals surface area contributed by atoms with Crippen LogP contribution in [0.5, 0.6) is 0 Å². The van der Waals surface area contributed by atoms with Crippen molar-refractivity contribution in [1.82, 2.24) is 20.2 Å². The van der Waals surface area contributed by atoms with Gasteiger partial charge in [-0.1, -0.05) is 35.5 Å². The molecule has 1 atom stereocenters. The number of benzene rings is 1. The van der Waals surface area contributed by atoms with Crippen LogP contribution in [0.2, 0.25) is 5.02 Å². The van der Waals surface area contributed by atoms with Crippen molar-refractivity contribution in [3.05, 3.63) is 34.9 Å². The van der Waals surface area contributed by atoms with E-state index in [4.69, 9.17) is 16.3 Å². The second-order valence-electron chi connectivity index (χ2n) is 4.19. The standard InChI is InChI=1S/C12H15ClN4O2S/c1-17-12(14-15-16-17)20-8-11(18)7-19-6-9-2-4-10(13)5-3-9/h2-5,11,18H,6-8H2,1H3/t11-/m1/s1. The molecule has 0 spiro atoms. The first kappa shape index (κ1) is 15.2. The Kier molecular flexibility index (Phi) is 5.78. The van der Waals surface area contributed by atoms with E-state index in [1.165, 1.54) is 11.8 Å². The fourth-order valence-corrected chi connectivity index (χ4v) is 2.34. The van der Waals surface area contributed by atoms with Crippen LogP contribution in [0.1, 0.15) is 5.56 Å². The molecular formula is C12H15ClN4O2S. The smallest absolute Gasteiger partial charge is 0.209 e. The predicted molar refractivity (Wildman–Crippen MR) is 76.6 cm³/mol. The number of hydrogen-bond donors (Lipinski definition) is 1. The normalized spacial score (nSPS) is 12.6. The van der Waals surface area contributed by atoms with Crippen molar-refractivity contribution >= 4 is 23.4 Å². The van der Waals surface area contributed by atoms with Gasteiger partial charge in [-0.2, -0.15) is 0 Å². The summed E-state index contributed by atoms with van der Waals surface area (Å²) >= 11 is 7.19. The highest BCUT2D eigenvalue weighted by Gasteiger charge is 2.09. The minimum Gasteiger partial charge on any atom is -0.390 e. The van der Waals surface area contributed by atoms with Crippen LogP contribution >= 0.6 is 23.4 Å². The molecule has 0 unspecified atom stereocenters. The van der Waals surface area contributed by atoms with E-state index in [1.807, 2.05) is 24.3 Å². The summed E-state index contributed by atoms with van der Waals surface area (Å²) in [6.07, 6.45) is -0.566. The summed E-state index contributed by atoms with van der Waals surface area (Å²) in [6, 6.07) is 7.42. The van der Waals surface area contributed by atoms with Gasteiger partial charge in [-0.25, -0.2) is 4.68 Å². The van der Waals surface area contributed by atoms with E-state index < -0.39 is 6.10 Å². The molecule has 0 amide bonds. The molecule has 6 nitrogen and oxygen atoms in total. The molecule has 0 radical (unpaired) electrons. The zero-order valence-electron chi connectivity index (χ0n) is 10.9. The van der Waals surface area contributed by atoms with Crippen molar-refractivity contribution in [3.63, 3.8) is 0 Å². The van der Waals surface area contributed by atoms with Crippen LogP contribution in [0.4, 0.5) is 0 Å². The molecule has 108 valence electrons. The van der Waals surface area contributed by atoms with Crippen molar-refractivity contribution < 1.29 is 9.84 Å². The molecule has 20 heavy (non-hydrogen) atoms. The zero-order chi connectivity index (χ0) is 14.4. The second-order valence-corrected chi connectivity index (χ2v) is 5.62. The Balaban J connectivity index is 1.66. The lowest BCUT2D eigenvalue weighted by atomic mass is 10.2. The largest absolute Gasteiger partial charge is 0.390 e. The summed E-state index contributed by atoms with van der Waals surface area (Å²) in [5, 5.41) is 22.2. The third-order valence-corrected chi connectivity index (χ3v) is 3.89. The predicted octanol–water partition coefficient (Wildman–Crippen LogP) is 1.53. The fourth-order valence-electron chi connectivity index (χ4n) is 1.46. The Hall–Kier alpha value is -1.15. The van der Waals surface area contributed by atoms with Gasteiger partial charge < -0.3 is 9.84 Å². The quantitative estimate of drug-likeness (QED) is 0.781. The number of rotatable bonds is 7. The minimum absolute atomic E-state index is 0.265. The first-order chi connectivity index (χ1) is 9.65. The summed E-state index contributed by atoms with van der Waals surface area (Å²) < 4.78 is 7.02. The summed E-state index contributed by atoms with van der Waals surface area (Å²) in [5.41, 5.74) is 1.02. The lowest BCUT2D eigenvalue weighted by Gasteiger charge is -2.10. The first-order valence-electron chi connectivity index (χ1n) is 6.00. The van der Waals surface area contributed by atoms with E-state index in [1.54, 1.807) is 11.7 Å². The van der Waals surface area contributed by atoms with Gasteiger partial charge in [-0.05, 0) is 28.1 Å². The maximum Gasteiger partial charge on any atom is 0.209 e. The van der Waals surface area contributed by atoms with Gasteiger partial charge in [0.2, 0.25) is 5.16 Å². The Labute approximate surface area is 126 Å². The summed E-state index contributed by atoms with van der Waals surface area (Å²) in [4.78, 5) is 0. The highest BCUT2D eigenvalue weighted by molar-refractivity contribution is 7.99. The molecular weight excluding hydrogens is 300 g/mol. The third kappa shape index (κ3) is 4.75. The summed E-state index contributed by atoms with van der Waals surface area (Å²) in [6.45, 7) is 0.714. The van der Waals surface area contributed by atoms with Crippen LogP contribution < -0.4 is 0 Å². The van der Waals surface area contributed by atoms with Crippen molar-refractivity contribution in [2.24, 2.45) is 7.05 Å². The van der Waals surface area contributed by atoms with Gasteiger partial charge in [-0.15, -0.1) is 5.10 Å². The Morgan fingerprint density at radius 3 is 2.80 bits per heavy atom. The van der Waals surface area contributed by atoms with Gasteiger partial charge >= 0.3 is 0 Å². The first-order valence-corrected chi connectivity index (χ1v) is 7.37. The van der Waals surface area contributed by atoms with E-state index >= 15 is 0 Å². The number of aliphatic hydroxyl groups excluding tert-OH is 1. The van der Waals surface area contributed by atoms with E-state index in [9.17, 15) is 5.11 Å². The average Bonchev–Trinajstić information content (AvgIpc) is 2.84. The molecule has 1 N–H and O–H groups in total. The Morgan fingerprint density at radius 1 is 1.40 bits per heavy atom. The van der Waals surface area contributed by atoms with Gasteiger partial charge in [0.1, 0.15) is 0 Å². The maximum atomic E-state index is 9.82. The summed E-state index contributed by atoms with van der Waals surface area (Å²) in [5.74, 6) is 0.481. The maximum absolute atomic E-state index is 9.82. The van der Waals surface area contributed by atoms with Gasteiger partial charge in [0.25, 0.3) is 0 Å². The molecule has 0 saturated carbocycles. The molecule has 0 aliphatic heterocycles. The number of aliphatic hydroxyl groups is 1. The number of nitrogens with zero attached hydrogens (tertiary/aromatic N) is 4. The van der Waals surface area contributed by atoms with Crippen molar-refractivity contribution in [2.75, 3.05) is 12.4 Å². The number of hydrogen-bond acceptors (Lipinski definition) is 6. The van der Waals surface area contributed by atoms with Crippen LogP contribution in [0, 0.1) is 0 Å². The topological polar surface area (TPSA) is 73.1 Å². The van der Waals surface area contributed by atoms with E-state index in [2.05, 4.69) is 15.5 Å². The van der Waals surface area contributed by atoms with E-state index in [0.717, 1.165) is 5.56 Å². The van der Waals surface area contributed by atoms with Crippen molar-refractivity contribution in [3.8, 4) is 0 Å². The van der Waals surface area contributed by atoms with Gasteiger partial charge in [0.05, 0.1) is 19.3 Å². The SMILES string of the molecule is Cn1nnnc1SC[C@H](O)COCc1ccc(Cl)cc1. The molecule has 1 aromatic carbocycles. The third-order valence-electron chi connectivity index (χ3n) is 2.48. The Morgan fingerprint density at radius 2 is 2.15 bits per heavy atom. The van der Waals surface area contributed by atoms with Crippen LogP contribution in [-0.2, 0) is 18.4 Å². The zero-order valence-corrected chi connectivity index (χ0v) is 12.5. The van der Waals surface area contributed by atoms with E-state index in [0.29, 0.717) is 22.5 Å². The molecule has 2 aromatic rings. The number of aryl methyl sites for hydroxylation is 1. The van der Waals surface area contributed by atoms with Crippen molar-refractivity contribution in [1.29, 1.82) is 0 Å². The Bertz CT molecular complexity index is 535. The highest BCUT2D eigenvalue weighted by atomic mass is 35.5. The van der Waals surface area contributed by atoms with Crippen molar-refractivity contribution in [2.45, 2.75) is 17.9 Å². The van der Waals surface area contributed by atoms with Gasteiger partial charge in [0.15, 0.2) is 0 Å². The monoisotopic (exact) mass is 314 g/mol. The van der Waals surface area contributed by atoms with E-state index in [-0.39, 0.29) is 6.61 Å². The number of aromatic nitrogens is 4. The van der Waals surface area contributed by atoms with Crippen LogP contribution in [-0.4, -0.2) is 43.8 Å². The number of ether oxygens (including phenoxy) is 1. The van der Waals surface area contributed by atoms with Crippen LogP contribution in [0.15, 0.2) is 29.4 Å². The van der Waals surface area contributed by atoms with Gasteiger partial charge in [-0.3, -0.25) is 0 Å². The van der Waals surface area contributed by atoms with Crippen LogP contribution in [0.25, 0.3) is 0 Å². The molecule has 0 bridgehead atoms. The second kappa shape index (κ2) is 7.58. The molecule has 0 fully saturated rings. The minimum atomic E-state index is -0.566. The number of halogens is 1. The highest BCUT2D eigenvalue weighted by Crippen LogP contribution is 2.14. The number of thioether (sulfide) groups is 1. The molecule has 1 aromatic heterocycles. The van der Waals surface area contributed by atoms with Crippen LogP contribution in [0.3, 0.4) is 0 Å². The molecule has 0 saturated heterocycles. The molecule has 0 aliphatic rings. The summed E-state index contributed by atoms with van der Waals surface area (Å²) in [7, 11) is 1.76. The average molecular weight is 315 g/mol. The lowest BCUT2D eigenvalue weighted by molar-refractivity contribution is 0.0397. The van der Waals surface area contributed by atoms with Gasteiger partial charge in [0, 0.05) is 17.8 Å². The number of tetrazole rings is 1. The molecule has 2 rings (SSSR count). The molecule has 8 heteroatoms. The lowest BCUT2D eigenvalue weighted by Crippen LogP contribution is -2.18. The molecule has 1 heterocycles. The molecule has 0 aliphatic carbocycles. The fraction of sp³-hybridized carbons (Fsp3) is 0.417.